The summed E-state index contributed by atoms with van der Waals surface area (Å²) >= 11 is 0. The van der Waals surface area contributed by atoms with Gasteiger partial charge in [0.2, 0.25) is 0 Å². The third kappa shape index (κ3) is 1.29. The van der Waals surface area contributed by atoms with Crippen LogP contribution in [0.4, 0.5) is 0 Å². The van der Waals surface area contributed by atoms with Crippen LogP contribution >= 0.6 is 0 Å². The molecule has 58 valence electrons. The summed E-state index contributed by atoms with van der Waals surface area (Å²) in [4.78, 5) is 10.7. The van der Waals surface area contributed by atoms with Crippen LogP contribution in [0.2, 0.25) is 0 Å². The van der Waals surface area contributed by atoms with E-state index in [4.69, 9.17) is 10.5 Å². The molecule has 0 aromatic rings. The Morgan fingerprint density at radius 1 is 1.80 bits per heavy atom. The van der Waals surface area contributed by atoms with Crippen LogP contribution in [0.1, 0.15) is 26.2 Å². The molecule has 1 unspecified atom stereocenters. The highest BCUT2D eigenvalue weighted by atomic mass is 16.6. The fourth-order valence-corrected chi connectivity index (χ4v) is 0.959. The molecule has 0 bridgehead atoms. The van der Waals surface area contributed by atoms with Gasteiger partial charge in [0.25, 0.3) is 5.91 Å². The predicted octanol–water partition coefficient (Wildman–Crippen LogP) is 0.431. The van der Waals surface area contributed by atoms with Crippen LogP contribution in [-0.2, 0) is 9.53 Å². The Balaban J connectivity index is 2.31. The molecule has 1 heterocycles. The Morgan fingerprint density at radius 2 is 2.40 bits per heavy atom. The number of carbonyl (C=O) groups is 1. The SMILES string of the molecule is CCCCC1(C(N)=O)CO1. The van der Waals surface area contributed by atoms with Gasteiger partial charge in [-0.25, -0.2) is 0 Å². The third-order valence-electron chi connectivity index (χ3n) is 1.88. The number of hydrogen-bond acceptors (Lipinski definition) is 2. The van der Waals surface area contributed by atoms with Crippen LogP contribution in [0.3, 0.4) is 0 Å². The van der Waals surface area contributed by atoms with E-state index < -0.39 is 5.60 Å². The van der Waals surface area contributed by atoms with Crippen molar-refractivity contribution in [2.75, 3.05) is 6.61 Å². The zero-order valence-electron chi connectivity index (χ0n) is 6.22. The molecule has 1 aliphatic rings. The van der Waals surface area contributed by atoms with Gasteiger partial charge in [-0.3, -0.25) is 4.79 Å². The normalized spacial score (nSPS) is 30.1. The number of epoxide rings is 1. The first-order chi connectivity index (χ1) is 4.71. The van der Waals surface area contributed by atoms with Gasteiger partial charge in [0.05, 0.1) is 6.61 Å². The summed E-state index contributed by atoms with van der Waals surface area (Å²) in [5, 5.41) is 0. The van der Waals surface area contributed by atoms with Crippen molar-refractivity contribution in [2.24, 2.45) is 5.73 Å². The lowest BCUT2D eigenvalue weighted by molar-refractivity contribution is -0.123. The second-order valence-corrected chi connectivity index (χ2v) is 2.75. The van der Waals surface area contributed by atoms with Crippen molar-refractivity contribution in [2.45, 2.75) is 31.8 Å². The molecule has 3 heteroatoms. The first kappa shape index (κ1) is 7.54. The van der Waals surface area contributed by atoms with Crippen molar-refractivity contribution < 1.29 is 9.53 Å². The first-order valence-corrected chi connectivity index (χ1v) is 3.65. The smallest absolute Gasteiger partial charge is 0.252 e. The summed E-state index contributed by atoms with van der Waals surface area (Å²) in [7, 11) is 0. The van der Waals surface area contributed by atoms with E-state index in [0.717, 1.165) is 19.3 Å². The lowest BCUT2D eigenvalue weighted by Gasteiger charge is -2.04. The van der Waals surface area contributed by atoms with Gasteiger partial charge in [0.1, 0.15) is 0 Å². The second-order valence-electron chi connectivity index (χ2n) is 2.75. The quantitative estimate of drug-likeness (QED) is 0.580. The molecule has 1 fully saturated rings. The number of carbonyl (C=O) groups excluding carboxylic acids is 1. The molecule has 2 N–H and O–H groups in total. The van der Waals surface area contributed by atoms with Crippen molar-refractivity contribution in [3.63, 3.8) is 0 Å². The van der Waals surface area contributed by atoms with E-state index in [1.54, 1.807) is 0 Å². The molecule has 1 aliphatic heterocycles. The standard InChI is InChI=1S/C7H13NO2/c1-2-3-4-7(5-10-7)6(8)9/h2-5H2,1H3,(H2,8,9). The predicted molar refractivity (Wildman–Crippen MR) is 37.4 cm³/mol. The van der Waals surface area contributed by atoms with Gasteiger partial charge < -0.3 is 10.5 Å². The highest BCUT2D eigenvalue weighted by Crippen LogP contribution is 2.31. The molecular formula is C7H13NO2. The fraction of sp³-hybridized carbons (Fsp3) is 0.857. The number of primary amides is 1. The summed E-state index contributed by atoms with van der Waals surface area (Å²) in [5.41, 5.74) is 4.55. The van der Waals surface area contributed by atoms with E-state index in [1.807, 2.05) is 0 Å². The van der Waals surface area contributed by atoms with Crippen LogP contribution < -0.4 is 5.73 Å². The van der Waals surface area contributed by atoms with E-state index in [0.29, 0.717) is 6.61 Å². The molecular weight excluding hydrogens is 130 g/mol. The molecule has 10 heavy (non-hydrogen) atoms. The van der Waals surface area contributed by atoms with E-state index in [-0.39, 0.29) is 5.91 Å². The van der Waals surface area contributed by atoms with Gasteiger partial charge >= 0.3 is 0 Å². The van der Waals surface area contributed by atoms with Crippen LogP contribution in [-0.4, -0.2) is 18.1 Å². The Hall–Kier alpha value is -0.570. The van der Waals surface area contributed by atoms with Crippen molar-refractivity contribution >= 4 is 5.91 Å². The highest BCUT2D eigenvalue weighted by Gasteiger charge is 2.49. The minimum Gasteiger partial charge on any atom is -0.367 e. The zero-order valence-corrected chi connectivity index (χ0v) is 6.22. The largest absolute Gasteiger partial charge is 0.367 e. The molecule has 0 saturated carbocycles. The molecule has 0 aromatic heterocycles. The van der Waals surface area contributed by atoms with Crippen LogP contribution in [0.15, 0.2) is 0 Å². The maximum Gasteiger partial charge on any atom is 0.252 e. The number of hydrogen-bond donors (Lipinski definition) is 1. The Kier molecular flexibility index (Phi) is 1.94. The molecule has 1 amide bonds. The van der Waals surface area contributed by atoms with Crippen LogP contribution in [0.5, 0.6) is 0 Å². The van der Waals surface area contributed by atoms with Crippen LogP contribution in [0.25, 0.3) is 0 Å². The molecule has 3 nitrogen and oxygen atoms in total. The molecule has 1 rings (SSSR count). The van der Waals surface area contributed by atoms with Crippen LogP contribution in [0, 0.1) is 0 Å². The van der Waals surface area contributed by atoms with Crippen molar-refractivity contribution in [1.29, 1.82) is 0 Å². The van der Waals surface area contributed by atoms with Gasteiger partial charge in [-0.1, -0.05) is 19.8 Å². The van der Waals surface area contributed by atoms with E-state index in [2.05, 4.69) is 6.92 Å². The summed E-state index contributed by atoms with van der Waals surface area (Å²) in [5.74, 6) is -0.305. The first-order valence-electron chi connectivity index (χ1n) is 3.65. The topological polar surface area (TPSA) is 55.6 Å². The molecule has 0 radical (unpaired) electrons. The second kappa shape index (κ2) is 2.58. The summed E-state index contributed by atoms with van der Waals surface area (Å²) in [6.45, 7) is 2.61. The Bertz CT molecular complexity index is 141. The summed E-state index contributed by atoms with van der Waals surface area (Å²) in [6, 6.07) is 0. The maximum absolute atomic E-state index is 10.7. The van der Waals surface area contributed by atoms with E-state index in [1.165, 1.54) is 0 Å². The summed E-state index contributed by atoms with van der Waals surface area (Å²) < 4.78 is 4.99. The van der Waals surface area contributed by atoms with Crippen molar-refractivity contribution in [1.82, 2.24) is 0 Å². The van der Waals surface area contributed by atoms with Gasteiger partial charge in [0, 0.05) is 0 Å². The number of nitrogens with two attached hydrogens (primary N) is 1. The monoisotopic (exact) mass is 143 g/mol. The number of rotatable bonds is 4. The maximum atomic E-state index is 10.7. The lowest BCUT2D eigenvalue weighted by atomic mass is 10.0. The zero-order chi connectivity index (χ0) is 7.61. The fourth-order valence-electron chi connectivity index (χ4n) is 0.959. The number of ether oxygens (including phenoxy) is 1. The number of unbranched alkanes of at least 4 members (excludes halogenated alkanes) is 1. The number of amides is 1. The van der Waals surface area contributed by atoms with E-state index in [9.17, 15) is 4.79 Å². The Morgan fingerprint density at radius 3 is 2.70 bits per heavy atom. The van der Waals surface area contributed by atoms with E-state index >= 15 is 0 Å². The average Bonchev–Trinajstić information content (AvgIpc) is 2.64. The molecule has 0 aliphatic carbocycles. The van der Waals surface area contributed by atoms with Gasteiger partial charge in [0.15, 0.2) is 5.60 Å². The van der Waals surface area contributed by atoms with Gasteiger partial charge in [-0.05, 0) is 6.42 Å². The average molecular weight is 143 g/mol. The van der Waals surface area contributed by atoms with Gasteiger partial charge in [-0.2, -0.15) is 0 Å². The highest BCUT2D eigenvalue weighted by molar-refractivity contribution is 5.85. The molecule has 1 saturated heterocycles. The minimum absolute atomic E-state index is 0.305. The van der Waals surface area contributed by atoms with Gasteiger partial charge in [-0.15, -0.1) is 0 Å². The molecule has 0 spiro atoms. The third-order valence-corrected chi connectivity index (χ3v) is 1.88. The molecule has 0 aromatic carbocycles. The lowest BCUT2D eigenvalue weighted by Crippen LogP contribution is -2.31. The van der Waals surface area contributed by atoms with Crippen molar-refractivity contribution in [3.05, 3.63) is 0 Å². The molecule has 1 atom stereocenters. The minimum atomic E-state index is -0.560. The Labute approximate surface area is 60.5 Å². The summed E-state index contributed by atoms with van der Waals surface area (Å²) in [6.07, 6.45) is 2.89. The van der Waals surface area contributed by atoms with Crippen molar-refractivity contribution in [3.8, 4) is 0 Å².